The summed E-state index contributed by atoms with van der Waals surface area (Å²) in [7, 11) is 0. The van der Waals surface area contributed by atoms with Crippen molar-refractivity contribution in [3.63, 3.8) is 0 Å². The van der Waals surface area contributed by atoms with Crippen LogP contribution in [0.1, 0.15) is 5.89 Å². The van der Waals surface area contributed by atoms with Crippen LogP contribution in [0.3, 0.4) is 0 Å². The van der Waals surface area contributed by atoms with Gasteiger partial charge in [-0.3, -0.25) is 4.79 Å². The van der Waals surface area contributed by atoms with Crippen LogP contribution in [0.25, 0.3) is 0 Å². The Morgan fingerprint density at radius 3 is 2.65 bits per heavy atom. The number of rotatable bonds is 7. The summed E-state index contributed by atoms with van der Waals surface area (Å²) in [5.74, 6) is 0.772. The monoisotopic (exact) mass is 409 g/mol. The molecule has 6 nitrogen and oxygen atoms in total. The van der Waals surface area contributed by atoms with Gasteiger partial charge >= 0.3 is 0 Å². The molecule has 0 atom stereocenters. The number of carbonyl (C=O) groups is 1. The number of ether oxygens (including phenoxy) is 1. The van der Waals surface area contributed by atoms with Gasteiger partial charge in [-0.25, -0.2) is 0 Å². The van der Waals surface area contributed by atoms with Crippen molar-refractivity contribution >= 4 is 46.6 Å². The van der Waals surface area contributed by atoms with E-state index in [0.717, 1.165) is 11.8 Å². The molecule has 2 aromatic carbocycles. The lowest BCUT2D eigenvalue weighted by Crippen LogP contribution is -2.13. The van der Waals surface area contributed by atoms with E-state index in [4.69, 9.17) is 32.4 Å². The van der Waals surface area contributed by atoms with E-state index < -0.39 is 0 Å². The molecule has 1 aromatic heterocycles. The fraction of sp³-hybridized carbons (Fsp3) is 0.118. The van der Waals surface area contributed by atoms with Crippen LogP contribution in [0.2, 0.25) is 10.0 Å². The SMILES string of the molecule is O=C(CSc1nnc(COc2ccccc2Cl)o1)Nc1ccc(Cl)cc1. The van der Waals surface area contributed by atoms with Crippen LogP contribution in [-0.2, 0) is 11.4 Å². The van der Waals surface area contributed by atoms with Crippen LogP contribution in [-0.4, -0.2) is 21.9 Å². The first-order valence-electron chi connectivity index (χ1n) is 7.48. The maximum atomic E-state index is 11.9. The number of amides is 1. The third-order valence-corrected chi connectivity index (χ3v) is 4.47. The average molecular weight is 410 g/mol. The van der Waals surface area contributed by atoms with Crippen molar-refractivity contribution in [3.05, 3.63) is 64.5 Å². The minimum Gasteiger partial charge on any atom is -0.482 e. The van der Waals surface area contributed by atoms with Gasteiger partial charge in [0.2, 0.25) is 5.91 Å². The summed E-state index contributed by atoms with van der Waals surface area (Å²) in [5.41, 5.74) is 0.666. The predicted octanol–water partition coefficient (Wildman–Crippen LogP) is 4.69. The van der Waals surface area contributed by atoms with Crippen molar-refractivity contribution in [2.45, 2.75) is 11.8 Å². The second kappa shape index (κ2) is 8.93. The highest BCUT2D eigenvalue weighted by Gasteiger charge is 2.11. The van der Waals surface area contributed by atoms with Crippen molar-refractivity contribution in [2.24, 2.45) is 0 Å². The minimum atomic E-state index is -0.190. The smallest absolute Gasteiger partial charge is 0.277 e. The first kappa shape index (κ1) is 18.6. The number of nitrogens with zero attached hydrogens (tertiary/aromatic N) is 2. The molecule has 3 aromatic rings. The Balaban J connectivity index is 1.46. The van der Waals surface area contributed by atoms with Gasteiger partial charge in [0.15, 0.2) is 6.61 Å². The molecule has 134 valence electrons. The Morgan fingerprint density at radius 2 is 1.88 bits per heavy atom. The van der Waals surface area contributed by atoms with Gasteiger partial charge in [0.05, 0.1) is 10.8 Å². The van der Waals surface area contributed by atoms with Gasteiger partial charge in [-0.15, -0.1) is 10.2 Å². The van der Waals surface area contributed by atoms with Gasteiger partial charge in [-0.2, -0.15) is 0 Å². The van der Waals surface area contributed by atoms with Gasteiger partial charge < -0.3 is 14.5 Å². The third kappa shape index (κ3) is 5.39. The largest absolute Gasteiger partial charge is 0.482 e. The molecule has 1 heterocycles. The lowest BCUT2D eigenvalue weighted by Gasteiger charge is -2.04. The molecule has 0 radical (unpaired) electrons. The summed E-state index contributed by atoms with van der Waals surface area (Å²) in [6, 6.07) is 14.0. The van der Waals surface area contributed by atoms with Crippen LogP contribution in [0, 0.1) is 0 Å². The molecule has 0 spiro atoms. The van der Waals surface area contributed by atoms with Crippen LogP contribution < -0.4 is 10.1 Å². The Labute approximate surface area is 163 Å². The van der Waals surface area contributed by atoms with Crippen molar-refractivity contribution in [1.29, 1.82) is 0 Å². The molecule has 3 rings (SSSR count). The molecule has 0 aliphatic carbocycles. The minimum absolute atomic E-state index is 0.0915. The normalized spacial score (nSPS) is 10.5. The lowest BCUT2D eigenvalue weighted by molar-refractivity contribution is -0.113. The summed E-state index contributed by atoms with van der Waals surface area (Å²) >= 11 is 12.9. The second-order valence-electron chi connectivity index (χ2n) is 5.02. The van der Waals surface area contributed by atoms with Gasteiger partial charge in [-0.1, -0.05) is 47.1 Å². The molecule has 9 heteroatoms. The van der Waals surface area contributed by atoms with Crippen LogP contribution in [0.15, 0.2) is 58.2 Å². The third-order valence-electron chi connectivity index (χ3n) is 3.09. The number of nitrogens with one attached hydrogen (secondary N) is 1. The van der Waals surface area contributed by atoms with E-state index >= 15 is 0 Å². The summed E-state index contributed by atoms with van der Waals surface area (Å²) in [4.78, 5) is 11.9. The summed E-state index contributed by atoms with van der Waals surface area (Å²) in [5, 5.41) is 11.9. The predicted molar refractivity (Wildman–Crippen MR) is 101 cm³/mol. The van der Waals surface area contributed by atoms with Crippen molar-refractivity contribution in [3.8, 4) is 5.75 Å². The zero-order valence-corrected chi connectivity index (χ0v) is 15.6. The topological polar surface area (TPSA) is 77.2 Å². The van der Waals surface area contributed by atoms with E-state index in [1.54, 1.807) is 36.4 Å². The first-order valence-corrected chi connectivity index (χ1v) is 9.22. The Morgan fingerprint density at radius 1 is 1.12 bits per heavy atom. The zero-order chi connectivity index (χ0) is 18.4. The fourth-order valence-electron chi connectivity index (χ4n) is 1.91. The Hall–Kier alpha value is -2.22. The van der Waals surface area contributed by atoms with E-state index in [2.05, 4.69) is 15.5 Å². The molecular weight excluding hydrogens is 397 g/mol. The van der Waals surface area contributed by atoms with Crippen LogP contribution in [0.4, 0.5) is 5.69 Å². The number of halogens is 2. The van der Waals surface area contributed by atoms with Gasteiger partial charge in [0.1, 0.15) is 5.75 Å². The van der Waals surface area contributed by atoms with Gasteiger partial charge in [0, 0.05) is 10.7 Å². The molecule has 1 amide bonds. The average Bonchev–Trinajstić information content (AvgIpc) is 3.09. The van der Waals surface area contributed by atoms with Crippen molar-refractivity contribution in [1.82, 2.24) is 10.2 Å². The number of hydrogen-bond donors (Lipinski definition) is 1. The number of para-hydroxylation sites is 1. The maximum Gasteiger partial charge on any atom is 0.277 e. The Bertz CT molecular complexity index is 887. The summed E-state index contributed by atoms with van der Waals surface area (Å²) in [6.07, 6.45) is 0. The highest BCUT2D eigenvalue weighted by atomic mass is 35.5. The quantitative estimate of drug-likeness (QED) is 0.570. The van der Waals surface area contributed by atoms with E-state index in [9.17, 15) is 4.79 Å². The van der Waals surface area contributed by atoms with Gasteiger partial charge in [0.25, 0.3) is 11.1 Å². The highest BCUT2D eigenvalue weighted by molar-refractivity contribution is 7.99. The van der Waals surface area contributed by atoms with Crippen LogP contribution >= 0.6 is 35.0 Å². The van der Waals surface area contributed by atoms with E-state index in [0.29, 0.717) is 27.4 Å². The number of hydrogen-bond acceptors (Lipinski definition) is 6. The number of carbonyl (C=O) groups excluding carboxylic acids is 1. The molecule has 0 bridgehead atoms. The van der Waals surface area contributed by atoms with E-state index in [1.165, 1.54) is 0 Å². The molecule has 0 aliphatic heterocycles. The number of anilines is 1. The highest BCUT2D eigenvalue weighted by Crippen LogP contribution is 2.24. The number of aromatic nitrogens is 2. The molecule has 0 unspecified atom stereocenters. The first-order chi connectivity index (χ1) is 12.6. The van der Waals surface area contributed by atoms with Gasteiger partial charge in [-0.05, 0) is 36.4 Å². The molecule has 1 N–H and O–H groups in total. The molecule has 0 saturated carbocycles. The lowest BCUT2D eigenvalue weighted by atomic mass is 10.3. The molecular formula is C17H13Cl2N3O3S. The number of thioether (sulfide) groups is 1. The summed E-state index contributed by atoms with van der Waals surface area (Å²) < 4.78 is 11.0. The van der Waals surface area contributed by atoms with Crippen molar-refractivity contribution < 1.29 is 13.9 Å². The second-order valence-corrected chi connectivity index (χ2v) is 6.79. The Kier molecular flexibility index (Phi) is 6.38. The van der Waals surface area contributed by atoms with Crippen LogP contribution in [0.5, 0.6) is 5.75 Å². The molecule has 26 heavy (non-hydrogen) atoms. The molecule has 0 aliphatic rings. The maximum absolute atomic E-state index is 11.9. The fourth-order valence-corrected chi connectivity index (χ4v) is 2.81. The number of benzene rings is 2. The zero-order valence-electron chi connectivity index (χ0n) is 13.3. The summed E-state index contributed by atoms with van der Waals surface area (Å²) in [6.45, 7) is 0.0915. The standard InChI is InChI=1S/C17H13Cl2N3O3S/c18-11-5-7-12(8-6-11)20-15(23)10-26-17-22-21-16(25-17)9-24-14-4-2-1-3-13(14)19/h1-8H,9-10H2,(H,20,23). The van der Waals surface area contributed by atoms with E-state index in [-0.39, 0.29) is 23.5 Å². The molecule has 0 saturated heterocycles. The van der Waals surface area contributed by atoms with Crippen molar-refractivity contribution in [2.75, 3.05) is 11.1 Å². The van der Waals surface area contributed by atoms with E-state index in [1.807, 2.05) is 12.1 Å². The molecule has 0 fully saturated rings.